The highest BCUT2D eigenvalue weighted by Gasteiger charge is 2.24. The molecule has 0 fully saturated rings. The van der Waals surface area contributed by atoms with E-state index in [2.05, 4.69) is 23.3 Å². The van der Waals surface area contributed by atoms with Gasteiger partial charge in [-0.3, -0.25) is 4.79 Å². The number of hydrogen-bond acceptors (Lipinski definition) is 2. The van der Waals surface area contributed by atoms with Crippen LogP contribution in [0.25, 0.3) is 10.9 Å². The second-order valence-corrected chi connectivity index (χ2v) is 6.30. The zero-order valence-corrected chi connectivity index (χ0v) is 13.8. The summed E-state index contributed by atoms with van der Waals surface area (Å²) < 4.78 is 5.67. The van der Waals surface area contributed by atoms with Gasteiger partial charge in [0, 0.05) is 23.1 Å². The molecule has 1 aliphatic rings. The van der Waals surface area contributed by atoms with Crippen LogP contribution in [0.5, 0.6) is 5.75 Å². The molecule has 0 saturated heterocycles. The van der Waals surface area contributed by atoms with Crippen molar-refractivity contribution in [2.24, 2.45) is 0 Å². The SMILES string of the molecule is Cc1[nH]c2c(C(=O)NC3CCOc4ccccc43)cccc2c1C. The maximum Gasteiger partial charge on any atom is 0.253 e. The number of amides is 1. The number of aromatic amines is 1. The number of para-hydroxylation sites is 2. The lowest BCUT2D eigenvalue weighted by molar-refractivity contribution is 0.0926. The average Bonchev–Trinajstić information content (AvgIpc) is 2.90. The van der Waals surface area contributed by atoms with E-state index in [4.69, 9.17) is 4.74 Å². The fraction of sp³-hybridized carbons (Fsp3) is 0.250. The Kier molecular flexibility index (Phi) is 3.53. The van der Waals surface area contributed by atoms with Crippen LogP contribution in [0.4, 0.5) is 0 Å². The summed E-state index contributed by atoms with van der Waals surface area (Å²) in [6, 6.07) is 13.7. The molecule has 1 atom stereocenters. The molecule has 0 radical (unpaired) electrons. The van der Waals surface area contributed by atoms with Gasteiger partial charge in [0.2, 0.25) is 0 Å². The number of hydrogen-bond donors (Lipinski definition) is 2. The Hall–Kier alpha value is -2.75. The minimum atomic E-state index is -0.0523. The number of aromatic nitrogens is 1. The van der Waals surface area contributed by atoms with Crippen molar-refractivity contribution in [3.8, 4) is 5.75 Å². The minimum absolute atomic E-state index is 0.0186. The fourth-order valence-corrected chi connectivity index (χ4v) is 3.40. The van der Waals surface area contributed by atoms with Gasteiger partial charge in [-0.15, -0.1) is 0 Å². The van der Waals surface area contributed by atoms with Crippen LogP contribution in [0.2, 0.25) is 0 Å². The second kappa shape index (κ2) is 5.71. The van der Waals surface area contributed by atoms with Gasteiger partial charge in [-0.25, -0.2) is 0 Å². The molecule has 4 rings (SSSR count). The Bertz CT molecular complexity index is 927. The zero-order valence-electron chi connectivity index (χ0n) is 13.8. The topological polar surface area (TPSA) is 54.1 Å². The van der Waals surface area contributed by atoms with Crippen molar-refractivity contribution in [2.75, 3.05) is 6.61 Å². The number of aryl methyl sites for hydroxylation is 2. The predicted molar refractivity (Wildman–Crippen MR) is 94.5 cm³/mol. The van der Waals surface area contributed by atoms with Crippen LogP contribution < -0.4 is 10.1 Å². The third kappa shape index (κ3) is 2.35. The Morgan fingerprint density at radius 3 is 2.88 bits per heavy atom. The number of ether oxygens (including phenoxy) is 1. The van der Waals surface area contributed by atoms with Crippen molar-refractivity contribution in [2.45, 2.75) is 26.3 Å². The van der Waals surface area contributed by atoms with Crippen molar-refractivity contribution in [1.29, 1.82) is 0 Å². The molecule has 1 unspecified atom stereocenters. The summed E-state index contributed by atoms with van der Waals surface area (Å²) in [6.07, 6.45) is 0.779. The van der Waals surface area contributed by atoms with Crippen molar-refractivity contribution in [1.82, 2.24) is 10.3 Å². The van der Waals surface area contributed by atoms with Crippen LogP contribution in [-0.4, -0.2) is 17.5 Å². The van der Waals surface area contributed by atoms with Gasteiger partial charge < -0.3 is 15.0 Å². The van der Waals surface area contributed by atoms with E-state index in [1.165, 1.54) is 5.56 Å². The molecule has 2 N–H and O–H groups in total. The fourth-order valence-electron chi connectivity index (χ4n) is 3.40. The predicted octanol–water partition coefficient (Wildman–Crippen LogP) is 4.04. The molecular formula is C20H20N2O2. The zero-order chi connectivity index (χ0) is 16.7. The monoisotopic (exact) mass is 320 g/mol. The van der Waals surface area contributed by atoms with Gasteiger partial charge in [0.05, 0.1) is 23.7 Å². The number of carbonyl (C=O) groups excluding carboxylic acids is 1. The highest BCUT2D eigenvalue weighted by atomic mass is 16.5. The Labute approximate surface area is 140 Å². The quantitative estimate of drug-likeness (QED) is 0.749. The summed E-state index contributed by atoms with van der Waals surface area (Å²) in [7, 11) is 0. The van der Waals surface area contributed by atoms with Gasteiger partial charge in [-0.2, -0.15) is 0 Å². The Balaban J connectivity index is 1.68. The number of carbonyl (C=O) groups is 1. The summed E-state index contributed by atoms with van der Waals surface area (Å²) in [4.78, 5) is 16.2. The first-order valence-electron chi connectivity index (χ1n) is 8.25. The van der Waals surface area contributed by atoms with Crippen LogP contribution in [0.1, 0.15) is 39.6 Å². The maximum absolute atomic E-state index is 12.9. The van der Waals surface area contributed by atoms with Crippen LogP contribution in [0.15, 0.2) is 42.5 Å². The van der Waals surface area contributed by atoms with Crippen molar-refractivity contribution in [3.05, 3.63) is 64.8 Å². The first-order valence-corrected chi connectivity index (χ1v) is 8.25. The number of rotatable bonds is 2. The molecule has 2 heterocycles. The van der Waals surface area contributed by atoms with E-state index in [0.717, 1.165) is 34.3 Å². The smallest absolute Gasteiger partial charge is 0.253 e. The molecule has 1 aromatic heterocycles. The lowest BCUT2D eigenvalue weighted by Crippen LogP contribution is -2.32. The van der Waals surface area contributed by atoms with E-state index in [9.17, 15) is 4.79 Å². The molecule has 4 heteroatoms. The minimum Gasteiger partial charge on any atom is -0.493 e. The van der Waals surface area contributed by atoms with Gasteiger partial charge >= 0.3 is 0 Å². The lowest BCUT2D eigenvalue weighted by Gasteiger charge is -2.26. The molecule has 4 nitrogen and oxygen atoms in total. The highest BCUT2D eigenvalue weighted by Crippen LogP contribution is 2.32. The van der Waals surface area contributed by atoms with Crippen molar-refractivity contribution in [3.63, 3.8) is 0 Å². The molecule has 2 aromatic carbocycles. The summed E-state index contributed by atoms with van der Waals surface area (Å²) >= 11 is 0. The molecule has 0 bridgehead atoms. The van der Waals surface area contributed by atoms with Crippen LogP contribution in [0, 0.1) is 13.8 Å². The molecule has 1 aliphatic heterocycles. The van der Waals surface area contributed by atoms with Gasteiger partial charge in [0.1, 0.15) is 5.75 Å². The normalized spacial score (nSPS) is 16.5. The number of H-pyrrole nitrogens is 1. The summed E-state index contributed by atoms with van der Waals surface area (Å²) in [6.45, 7) is 4.73. The molecule has 24 heavy (non-hydrogen) atoms. The first-order chi connectivity index (χ1) is 11.6. The van der Waals surface area contributed by atoms with Gasteiger partial charge in [0.25, 0.3) is 5.91 Å². The molecule has 3 aromatic rings. The molecule has 0 saturated carbocycles. The van der Waals surface area contributed by atoms with Crippen molar-refractivity contribution >= 4 is 16.8 Å². The standard InChI is InChI=1S/C20H20N2O2/c1-12-13(2)21-19-14(12)7-5-8-16(19)20(23)22-17-10-11-24-18-9-4-3-6-15(17)18/h3-9,17,21H,10-11H2,1-2H3,(H,22,23). The highest BCUT2D eigenvalue weighted by molar-refractivity contribution is 6.06. The first kappa shape index (κ1) is 14.8. The van der Waals surface area contributed by atoms with E-state index < -0.39 is 0 Å². The maximum atomic E-state index is 12.9. The van der Waals surface area contributed by atoms with E-state index >= 15 is 0 Å². The third-order valence-corrected chi connectivity index (χ3v) is 4.85. The van der Waals surface area contributed by atoms with Gasteiger partial charge in [0.15, 0.2) is 0 Å². The molecule has 122 valence electrons. The number of benzene rings is 2. The summed E-state index contributed by atoms with van der Waals surface area (Å²) in [5.41, 5.74) is 4.93. The van der Waals surface area contributed by atoms with E-state index in [0.29, 0.717) is 12.2 Å². The third-order valence-electron chi connectivity index (χ3n) is 4.85. The van der Waals surface area contributed by atoms with E-state index in [1.807, 2.05) is 43.3 Å². The number of fused-ring (bicyclic) bond motifs is 2. The van der Waals surface area contributed by atoms with Gasteiger partial charge in [-0.1, -0.05) is 30.3 Å². The van der Waals surface area contributed by atoms with E-state index in [1.54, 1.807) is 0 Å². The molecule has 1 amide bonds. The van der Waals surface area contributed by atoms with Crippen LogP contribution in [0.3, 0.4) is 0 Å². The largest absolute Gasteiger partial charge is 0.493 e. The molecule has 0 aliphatic carbocycles. The molecular weight excluding hydrogens is 300 g/mol. The van der Waals surface area contributed by atoms with Crippen molar-refractivity contribution < 1.29 is 9.53 Å². The second-order valence-electron chi connectivity index (χ2n) is 6.30. The average molecular weight is 320 g/mol. The van der Waals surface area contributed by atoms with E-state index in [-0.39, 0.29) is 11.9 Å². The summed E-state index contributed by atoms with van der Waals surface area (Å²) in [5.74, 6) is 0.808. The summed E-state index contributed by atoms with van der Waals surface area (Å²) in [5, 5.41) is 4.28. The van der Waals surface area contributed by atoms with Crippen LogP contribution >= 0.6 is 0 Å². The van der Waals surface area contributed by atoms with Crippen LogP contribution in [-0.2, 0) is 0 Å². The Morgan fingerprint density at radius 1 is 1.17 bits per heavy atom. The Morgan fingerprint density at radius 2 is 2.00 bits per heavy atom. The van der Waals surface area contributed by atoms with Gasteiger partial charge in [-0.05, 0) is 31.5 Å². The molecule has 0 spiro atoms. The number of nitrogens with one attached hydrogen (secondary N) is 2. The lowest BCUT2D eigenvalue weighted by atomic mass is 10.00.